The highest BCUT2D eigenvalue weighted by molar-refractivity contribution is 9.10. The zero-order valence-corrected chi connectivity index (χ0v) is 11.2. The number of hydrogen-bond donors (Lipinski definition) is 2. The monoisotopic (exact) mass is 306 g/mol. The van der Waals surface area contributed by atoms with Crippen molar-refractivity contribution >= 4 is 33.3 Å². The molecule has 0 fully saturated rings. The fraction of sp³-hybridized carbons (Fsp3) is 0.0833. The van der Waals surface area contributed by atoms with Gasteiger partial charge in [0.05, 0.1) is 0 Å². The van der Waals surface area contributed by atoms with Crippen molar-refractivity contribution in [2.45, 2.75) is 6.92 Å². The molecule has 1 heterocycles. The first-order valence-corrected chi connectivity index (χ1v) is 6.02. The largest absolute Gasteiger partial charge is 0.398 e. The summed E-state index contributed by atoms with van der Waals surface area (Å²) in [6.07, 6.45) is 1.54. The molecule has 0 saturated heterocycles. The van der Waals surface area contributed by atoms with E-state index in [1.54, 1.807) is 31.2 Å². The molecular weight excluding hydrogens is 296 g/mol. The Balaban J connectivity index is 2.30. The van der Waals surface area contributed by atoms with Gasteiger partial charge in [-0.3, -0.25) is 4.79 Å². The summed E-state index contributed by atoms with van der Waals surface area (Å²) >= 11 is 3.31. The Bertz CT molecular complexity index is 586. The minimum Gasteiger partial charge on any atom is -0.398 e. The molecule has 0 unspecified atom stereocenters. The second-order valence-electron chi connectivity index (χ2n) is 3.73. The van der Waals surface area contributed by atoms with Crippen molar-refractivity contribution in [3.8, 4) is 0 Å². The van der Waals surface area contributed by atoms with Crippen LogP contribution in [0.4, 0.5) is 11.5 Å². The summed E-state index contributed by atoms with van der Waals surface area (Å²) in [6, 6.07) is 6.85. The van der Waals surface area contributed by atoms with Crippen molar-refractivity contribution in [2.24, 2.45) is 0 Å². The van der Waals surface area contributed by atoms with Crippen molar-refractivity contribution in [3.05, 3.63) is 46.1 Å². The lowest BCUT2D eigenvalue weighted by Gasteiger charge is -2.09. The molecule has 3 N–H and O–H groups in total. The molecule has 2 aromatic rings. The minimum absolute atomic E-state index is 0.263. The number of aromatic nitrogens is 2. The van der Waals surface area contributed by atoms with Crippen LogP contribution < -0.4 is 11.1 Å². The quantitative estimate of drug-likeness (QED) is 0.835. The van der Waals surface area contributed by atoms with Gasteiger partial charge in [0.1, 0.15) is 0 Å². The topological polar surface area (TPSA) is 80.9 Å². The number of carbonyl (C=O) groups excluding carboxylic acids is 1. The Morgan fingerprint density at radius 1 is 1.44 bits per heavy atom. The maximum absolute atomic E-state index is 12.1. The molecule has 0 radical (unpaired) electrons. The number of nitrogens with two attached hydrogens (primary N) is 1. The molecule has 92 valence electrons. The average molecular weight is 307 g/mol. The summed E-state index contributed by atoms with van der Waals surface area (Å²) in [6.45, 7) is 1.80. The fourth-order valence-corrected chi connectivity index (χ4v) is 1.96. The molecule has 1 aromatic carbocycles. The van der Waals surface area contributed by atoms with Crippen LogP contribution in [0.1, 0.15) is 15.9 Å². The van der Waals surface area contributed by atoms with Crippen molar-refractivity contribution in [3.63, 3.8) is 0 Å². The number of carbonyl (C=O) groups is 1. The Hall–Kier alpha value is -1.95. The van der Waals surface area contributed by atoms with E-state index in [1.807, 2.05) is 0 Å². The molecule has 1 amide bonds. The molecule has 0 saturated carbocycles. The van der Waals surface area contributed by atoms with E-state index in [4.69, 9.17) is 5.73 Å². The van der Waals surface area contributed by atoms with Gasteiger partial charge in [-0.05, 0) is 36.8 Å². The number of hydrogen-bond acceptors (Lipinski definition) is 4. The molecule has 5 nitrogen and oxygen atoms in total. The van der Waals surface area contributed by atoms with Crippen LogP contribution in [0.3, 0.4) is 0 Å². The molecule has 0 atom stereocenters. The van der Waals surface area contributed by atoms with E-state index in [2.05, 4.69) is 31.4 Å². The number of nitrogens with zero attached hydrogens (tertiary/aromatic N) is 2. The molecule has 0 bridgehead atoms. The van der Waals surface area contributed by atoms with E-state index in [1.165, 1.54) is 6.20 Å². The number of nitrogens with one attached hydrogen (secondary N) is 1. The molecule has 18 heavy (non-hydrogen) atoms. The third kappa shape index (κ3) is 2.65. The molecule has 2 rings (SSSR count). The third-order valence-electron chi connectivity index (χ3n) is 2.47. The summed E-state index contributed by atoms with van der Waals surface area (Å²) < 4.78 is 0.759. The smallest absolute Gasteiger partial charge is 0.257 e. The lowest BCUT2D eigenvalue weighted by atomic mass is 10.1. The number of anilines is 2. The highest BCUT2D eigenvalue weighted by Crippen LogP contribution is 2.23. The zero-order valence-electron chi connectivity index (χ0n) is 9.64. The van der Waals surface area contributed by atoms with Crippen LogP contribution in [-0.4, -0.2) is 16.1 Å². The van der Waals surface area contributed by atoms with Crippen molar-refractivity contribution in [1.82, 2.24) is 10.2 Å². The van der Waals surface area contributed by atoms with E-state index in [9.17, 15) is 4.79 Å². The predicted octanol–water partition coefficient (Wildman–Crippen LogP) is 2.38. The zero-order chi connectivity index (χ0) is 13.1. The van der Waals surface area contributed by atoms with Gasteiger partial charge in [0, 0.05) is 21.9 Å². The van der Waals surface area contributed by atoms with Crippen LogP contribution in [0.15, 0.2) is 34.9 Å². The minimum atomic E-state index is -0.263. The molecule has 0 aliphatic carbocycles. The van der Waals surface area contributed by atoms with Crippen molar-refractivity contribution in [1.29, 1.82) is 0 Å². The lowest BCUT2D eigenvalue weighted by molar-refractivity contribution is 0.102. The normalized spacial score (nSPS) is 10.1. The first-order chi connectivity index (χ1) is 8.58. The van der Waals surface area contributed by atoms with E-state index in [0.29, 0.717) is 17.1 Å². The van der Waals surface area contributed by atoms with Gasteiger partial charge in [-0.15, -0.1) is 5.10 Å². The lowest BCUT2D eigenvalue weighted by Crippen LogP contribution is -2.15. The van der Waals surface area contributed by atoms with Crippen LogP contribution >= 0.6 is 15.9 Å². The maximum Gasteiger partial charge on any atom is 0.257 e. The first-order valence-electron chi connectivity index (χ1n) is 5.22. The van der Waals surface area contributed by atoms with E-state index in [0.717, 1.165) is 10.0 Å². The summed E-state index contributed by atoms with van der Waals surface area (Å²) in [5, 5.41) is 10.1. The molecule has 1 aromatic heterocycles. The van der Waals surface area contributed by atoms with Gasteiger partial charge in [0.2, 0.25) is 0 Å². The average Bonchev–Trinajstić information content (AvgIpc) is 2.35. The van der Waals surface area contributed by atoms with Crippen molar-refractivity contribution < 1.29 is 4.79 Å². The van der Waals surface area contributed by atoms with Gasteiger partial charge in [-0.2, -0.15) is 5.10 Å². The third-order valence-corrected chi connectivity index (χ3v) is 2.93. The number of nitrogen functional groups attached to an aromatic ring is 1. The Morgan fingerprint density at radius 3 is 2.89 bits per heavy atom. The summed E-state index contributed by atoms with van der Waals surface area (Å²) in [5.41, 5.74) is 7.62. The predicted molar refractivity (Wildman–Crippen MR) is 73.3 cm³/mol. The van der Waals surface area contributed by atoms with Crippen molar-refractivity contribution in [2.75, 3.05) is 11.1 Å². The molecule has 0 spiro atoms. The standard InChI is InChI=1S/C12H11BrN4O/c1-7-9(5-8(13)6-10(7)14)12(18)16-11-3-2-4-15-17-11/h2-6H,14H2,1H3,(H,16,17,18). The second-order valence-corrected chi connectivity index (χ2v) is 4.65. The highest BCUT2D eigenvalue weighted by atomic mass is 79.9. The van der Waals surface area contributed by atoms with Gasteiger partial charge in [-0.1, -0.05) is 15.9 Å². The van der Waals surface area contributed by atoms with Crippen LogP contribution in [0, 0.1) is 6.92 Å². The molecule has 0 aliphatic rings. The SMILES string of the molecule is Cc1c(N)cc(Br)cc1C(=O)Nc1cccnn1. The van der Waals surface area contributed by atoms with E-state index >= 15 is 0 Å². The number of rotatable bonds is 2. The maximum atomic E-state index is 12.1. The van der Waals surface area contributed by atoms with Crippen LogP contribution in [0.25, 0.3) is 0 Å². The fourth-order valence-electron chi connectivity index (χ4n) is 1.49. The molecular formula is C12H11BrN4O. The molecule has 0 aliphatic heterocycles. The Labute approximate surface area is 113 Å². The Morgan fingerprint density at radius 2 is 2.22 bits per heavy atom. The van der Waals surface area contributed by atoms with E-state index in [-0.39, 0.29) is 5.91 Å². The Kier molecular flexibility index (Phi) is 3.57. The van der Waals surface area contributed by atoms with Crippen LogP contribution in [0.2, 0.25) is 0 Å². The van der Waals surface area contributed by atoms with Gasteiger partial charge in [-0.25, -0.2) is 0 Å². The van der Waals surface area contributed by atoms with Gasteiger partial charge in [0.15, 0.2) is 5.82 Å². The summed E-state index contributed by atoms with van der Waals surface area (Å²) in [4.78, 5) is 12.1. The first kappa shape index (κ1) is 12.5. The van der Waals surface area contributed by atoms with Gasteiger partial charge in [0.25, 0.3) is 5.91 Å². The highest BCUT2D eigenvalue weighted by Gasteiger charge is 2.12. The van der Waals surface area contributed by atoms with Crippen LogP contribution in [0.5, 0.6) is 0 Å². The number of halogens is 1. The number of amides is 1. The van der Waals surface area contributed by atoms with Gasteiger partial charge >= 0.3 is 0 Å². The van der Waals surface area contributed by atoms with Crippen LogP contribution in [-0.2, 0) is 0 Å². The summed E-state index contributed by atoms with van der Waals surface area (Å²) in [5.74, 6) is 0.140. The second kappa shape index (κ2) is 5.14. The molecule has 6 heteroatoms. The van der Waals surface area contributed by atoms with Gasteiger partial charge < -0.3 is 11.1 Å². The van der Waals surface area contributed by atoms with E-state index < -0.39 is 0 Å². The number of benzene rings is 1. The summed E-state index contributed by atoms with van der Waals surface area (Å²) in [7, 11) is 0.